The van der Waals surface area contributed by atoms with Crippen LogP contribution in [-0.4, -0.2) is 8.24 Å². The molecular formula is C21H39NSi. The number of hydrogen-bond donors (Lipinski definition) is 1. The van der Waals surface area contributed by atoms with E-state index in [1.165, 1.54) is 22.4 Å². The quantitative estimate of drug-likeness (QED) is 0.585. The van der Waals surface area contributed by atoms with Crippen molar-refractivity contribution in [3.05, 3.63) is 28.8 Å². The predicted molar refractivity (Wildman–Crippen MR) is 110 cm³/mol. The summed E-state index contributed by atoms with van der Waals surface area (Å²) in [5.74, 6) is 0. The first-order chi connectivity index (χ1) is 9.93. The van der Waals surface area contributed by atoms with Crippen molar-refractivity contribution < 1.29 is 0 Å². The van der Waals surface area contributed by atoms with Gasteiger partial charge in [-0.2, -0.15) is 0 Å². The second-order valence-corrected chi connectivity index (χ2v) is 15.8. The fourth-order valence-corrected chi connectivity index (χ4v) is 3.79. The van der Waals surface area contributed by atoms with Gasteiger partial charge in [-0.15, -0.1) is 0 Å². The lowest BCUT2D eigenvalue weighted by Gasteiger charge is -2.36. The Morgan fingerprint density at radius 2 is 1.00 bits per heavy atom. The van der Waals surface area contributed by atoms with Crippen LogP contribution >= 0.6 is 0 Å². The lowest BCUT2D eigenvalue weighted by atomic mass is 9.74. The van der Waals surface area contributed by atoms with E-state index in [9.17, 15) is 0 Å². The van der Waals surface area contributed by atoms with Gasteiger partial charge in [-0.1, -0.05) is 94.1 Å². The van der Waals surface area contributed by atoms with Crippen molar-refractivity contribution in [1.29, 1.82) is 0 Å². The number of rotatable bonds is 2. The van der Waals surface area contributed by atoms with Crippen LogP contribution in [0.15, 0.2) is 12.1 Å². The lowest BCUT2D eigenvalue weighted by molar-refractivity contribution is 0.551. The number of anilines is 1. The summed E-state index contributed by atoms with van der Waals surface area (Å²) in [6, 6.07) is 4.88. The molecule has 0 heterocycles. The monoisotopic (exact) mass is 333 g/mol. The van der Waals surface area contributed by atoms with E-state index in [0.29, 0.717) is 0 Å². The molecule has 1 rings (SSSR count). The van der Waals surface area contributed by atoms with Gasteiger partial charge in [-0.3, -0.25) is 0 Å². The van der Waals surface area contributed by atoms with Crippen LogP contribution < -0.4 is 4.98 Å². The molecule has 23 heavy (non-hydrogen) atoms. The van der Waals surface area contributed by atoms with Crippen molar-refractivity contribution in [1.82, 2.24) is 0 Å². The molecule has 0 radical (unpaired) electrons. The van der Waals surface area contributed by atoms with E-state index in [-0.39, 0.29) is 16.2 Å². The maximum atomic E-state index is 3.95. The second kappa shape index (κ2) is 5.95. The highest BCUT2D eigenvalue weighted by molar-refractivity contribution is 6.79. The molecule has 0 unspecified atom stereocenters. The lowest BCUT2D eigenvalue weighted by Crippen LogP contribution is -2.36. The summed E-state index contributed by atoms with van der Waals surface area (Å²) in [5.41, 5.74) is 6.16. The first kappa shape index (κ1) is 20.3. The van der Waals surface area contributed by atoms with Crippen molar-refractivity contribution in [3.63, 3.8) is 0 Å². The summed E-state index contributed by atoms with van der Waals surface area (Å²) < 4.78 is 0. The van der Waals surface area contributed by atoms with Crippen LogP contribution in [-0.2, 0) is 16.2 Å². The summed E-state index contributed by atoms with van der Waals surface area (Å²) in [6.07, 6.45) is 0. The number of benzene rings is 1. The minimum atomic E-state index is -1.43. The molecule has 1 aromatic rings. The van der Waals surface area contributed by atoms with Gasteiger partial charge in [0.2, 0.25) is 0 Å². The van der Waals surface area contributed by atoms with Crippen molar-refractivity contribution in [2.75, 3.05) is 4.98 Å². The molecule has 0 spiro atoms. The van der Waals surface area contributed by atoms with Crippen LogP contribution in [0.1, 0.15) is 79.0 Å². The molecule has 0 atom stereocenters. The largest absolute Gasteiger partial charge is 0.410 e. The molecule has 132 valence electrons. The zero-order valence-electron chi connectivity index (χ0n) is 17.7. The Bertz CT molecular complexity index is 522. The van der Waals surface area contributed by atoms with E-state index in [1.54, 1.807) is 0 Å². The van der Waals surface area contributed by atoms with E-state index in [4.69, 9.17) is 0 Å². The summed E-state index contributed by atoms with van der Waals surface area (Å²) in [6.45, 7) is 28.1. The molecular weight excluding hydrogens is 294 g/mol. The number of hydrogen-bond acceptors (Lipinski definition) is 1. The van der Waals surface area contributed by atoms with Gasteiger partial charge in [0.1, 0.15) is 8.24 Å². The zero-order chi connectivity index (χ0) is 18.4. The van der Waals surface area contributed by atoms with Crippen LogP contribution in [0.5, 0.6) is 0 Å². The molecule has 0 fully saturated rings. The summed E-state index contributed by atoms with van der Waals surface area (Å²) in [4.78, 5) is 3.95. The highest BCUT2D eigenvalue weighted by Crippen LogP contribution is 2.42. The van der Waals surface area contributed by atoms with Crippen LogP contribution in [0.25, 0.3) is 0 Å². The molecule has 0 bridgehead atoms. The topological polar surface area (TPSA) is 12.0 Å². The molecule has 2 heteroatoms. The maximum Gasteiger partial charge on any atom is 0.144 e. The number of nitrogens with one attached hydrogen (secondary N) is 1. The smallest absolute Gasteiger partial charge is 0.144 e. The molecule has 1 aromatic carbocycles. The molecule has 0 aromatic heterocycles. The Morgan fingerprint density at radius 1 is 0.652 bits per heavy atom. The Balaban J connectivity index is 3.82. The average Bonchev–Trinajstić information content (AvgIpc) is 2.21. The fourth-order valence-electron chi connectivity index (χ4n) is 2.77. The predicted octanol–water partition coefficient (Wildman–Crippen LogP) is 6.83. The minimum Gasteiger partial charge on any atom is -0.410 e. The van der Waals surface area contributed by atoms with Gasteiger partial charge in [-0.25, -0.2) is 0 Å². The first-order valence-corrected chi connectivity index (χ1v) is 12.4. The molecule has 0 saturated heterocycles. The molecule has 0 aliphatic heterocycles. The summed E-state index contributed by atoms with van der Waals surface area (Å²) in [7, 11) is -1.43. The highest BCUT2D eigenvalue weighted by Gasteiger charge is 2.30. The van der Waals surface area contributed by atoms with Gasteiger partial charge in [0.15, 0.2) is 0 Å². The van der Waals surface area contributed by atoms with Crippen LogP contribution in [0, 0.1) is 0 Å². The van der Waals surface area contributed by atoms with Gasteiger partial charge in [0, 0.05) is 5.69 Å². The van der Waals surface area contributed by atoms with Crippen LogP contribution in [0.4, 0.5) is 5.69 Å². The zero-order valence-corrected chi connectivity index (χ0v) is 18.7. The standard InChI is InChI=1S/C21H39NSi/c1-19(2,3)15-13-16(20(4,5)6)18(22-23(10,11)12)17(14-15)21(7,8)9/h13-14,22H,1-12H3. The van der Waals surface area contributed by atoms with Crippen LogP contribution in [0.3, 0.4) is 0 Å². The molecule has 1 N–H and O–H groups in total. The maximum absolute atomic E-state index is 3.95. The van der Waals surface area contributed by atoms with Crippen molar-refractivity contribution in [2.24, 2.45) is 0 Å². The van der Waals surface area contributed by atoms with Gasteiger partial charge >= 0.3 is 0 Å². The molecule has 0 aliphatic rings. The van der Waals surface area contributed by atoms with Crippen LogP contribution in [0.2, 0.25) is 19.6 Å². The third kappa shape index (κ3) is 5.38. The Morgan fingerprint density at radius 3 is 1.22 bits per heavy atom. The highest BCUT2D eigenvalue weighted by atomic mass is 28.3. The van der Waals surface area contributed by atoms with E-state index >= 15 is 0 Å². The fraction of sp³-hybridized carbons (Fsp3) is 0.714. The van der Waals surface area contributed by atoms with E-state index in [1.807, 2.05) is 0 Å². The summed E-state index contributed by atoms with van der Waals surface area (Å²) >= 11 is 0. The average molecular weight is 334 g/mol. The molecule has 0 amide bonds. The third-order valence-corrected chi connectivity index (χ3v) is 5.12. The van der Waals surface area contributed by atoms with E-state index < -0.39 is 8.24 Å². The Labute approximate surface area is 146 Å². The second-order valence-electron chi connectivity index (χ2n) is 11.1. The molecule has 0 aliphatic carbocycles. The Hall–Kier alpha value is -0.763. The molecule has 0 saturated carbocycles. The first-order valence-electron chi connectivity index (χ1n) is 8.90. The van der Waals surface area contributed by atoms with Gasteiger partial charge < -0.3 is 4.98 Å². The SMILES string of the molecule is CC(C)(C)c1cc(C(C)(C)C)c(N[Si](C)(C)C)c(C(C)(C)C)c1. The van der Waals surface area contributed by atoms with Gasteiger partial charge in [0.05, 0.1) is 0 Å². The third-order valence-electron chi connectivity index (χ3n) is 4.12. The molecule has 1 nitrogen and oxygen atoms in total. The summed E-state index contributed by atoms with van der Waals surface area (Å²) in [5, 5.41) is 0. The van der Waals surface area contributed by atoms with Gasteiger partial charge in [0.25, 0.3) is 0 Å². The van der Waals surface area contributed by atoms with E-state index in [2.05, 4.69) is 99.1 Å². The normalized spacial score (nSPS) is 14.1. The minimum absolute atomic E-state index is 0.128. The van der Waals surface area contributed by atoms with E-state index in [0.717, 1.165) is 0 Å². The van der Waals surface area contributed by atoms with Gasteiger partial charge in [-0.05, 0) is 32.9 Å². The van der Waals surface area contributed by atoms with Crippen molar-refractivity contribution in [3.8, 4) is 0 Å². The van der Waals surface area contributed by atoms with Crippen molar-refractivity contribution in [2.45, 2.75) is 98.2 Å². The Kier molecular flexibility index (Phi) is 5.25. The van der Waals surface area contributed by atoms with Crippen molar-refractivity contribution >= 4 is 13.9 Å².